The van der Waals surface area contributed by atoms with E-state index >= 15 is 0 Å². The molecule has 0 aromatic carbocycles. The summed E-state index contributed by atoms with van der Waals surface area (Å²) in [6.07, 6.45) is 1.65. The second kappa shape index (κ2) is 2.98. The molecule has 0 saturated carbocycles. The molecule has 0 aliphatic rings. The summed E-state index contributed by atoms with van der Waals surface area (Å²) in [6, 6.07) is 0. The molecule has 0 radical (unpaired) electrons. The van der Waals surface area contributed by atoms with Gasteiger partial charge in [-0.2, -0.15) is 8.42 Å². The van der Waals surface area contributed by atoms with E-state index in [0.29, 0.717) is 5.57 Å². The number of hydrogen-bond acceptors (Lipinski definition) is 2. The van der Waals surface area contributed by atoms with Gasteiger partial charge in [0.2, 0.25) is 0 Å². The van der Waals surface area contributed by atoms with E-state index in [1.54, 1.807) is 19.9 Å². The fourth-order valence-corrected chi connectivity index (χ4v) is 1.11. The highest BCUT2D eigenvalue weighted by atomic mass is 32.2. The maximum absolute atomic E-state index is 10.1. The maximum atomic E-state index is 10.1. The minimum atomic E-state index is -3.80. The summed E-state index contributed by atoms with van der Waals surface area (Å²) in [5.74, 6) is -0.260. The van der Waals surface area contributed by atoms with Crippen molar-refractivity contribution in [1.29, 1.82) is 0 Å². The predicted molar refractivity (Wildman–Crippen MR) is 35.8 cm³/mol. The van der Waals surface area contributed by atoms with E-state index in [0.717, 1.165) is 0 Å². The molecule has 9 heavy (non-hydrogen) atoms. The maximum Gasteiger partial charge on any atom is 0.268 e. The van der Waals surface area contributed by atoms with Crippen LogP contribution in [0.2, 0.25) is 0 Å². The third-order valence-electron chi connectivity index (χ3n) is 0.903. The molecule has 54 valence electrons. The quantitative estimate of drug-likeness (QED) is 0.468. The Labute approximate surface area is 55.1 Å². The average Bonchev–Trinajstić information content (AvgIpc) is 1.62. The largest absolute Gasteiger partial charge is 0.285 e. The van der Waals surface area contributed by atoms with E-state index in [2.05, 4.69) is 0 Å². The molecular formula is C5H10O3S. The summed E-state index contributed by atoms with van der Waals surface area (Å²) in [5, 5.41) is 0. The first-order valence-electron chi connectivity index (χ1n) is 2.52. The summed E-state index contributed by atoms with van der Waals surface area (Å²) in [5.41, 5.74) is 0.650. The van der Waals surface area contributed by atoms with Gasteiger partial charge in [-0.25, -0.2) is 0 Å². The normalized spacial score (nSPS) is 13.9. The Kier molecular flexibility index (Phi) is 2.87. The van der Waals surface area contributed by atoms with E-state index in [1.165, 1.54) is 0 Å². The zero-order valence-corrected chi connectivity index (χ0v) is 6.27. The molecule has 0 rings (SSSR count). The van der Waals surface area contributed by atoms with Crippen molar-refractivity contribution < 1.29 is 13.0 Å². The van der Waals surface area contributed by atoms with Crippen LogP contribution in [0, 0.1) is 0 Å². The Balaban J connectivity index is 4.07. The Morgan fingerprint density at radius 2 is 2.11 bits per heavy atom. The van der Waals surface area contributed by atoms with Gasteiger partial charge >= 0.3 is 0 Å². The number of allylic oxidation sites excluding steroid dienone is 1. The molecule has 3 nitrogen and oxygen atoms in total. The Morgan fingerprint density at radius 3 is 2.22 bits per heavy atom. The molecular weight excluding hydrogens is 140 g/mol. The summed E-state index contributed by atoms with van der Waals surface area (Å²) in [4.78, 5) is 0. The van der Waals surface area contributed by atoms with Crippen LogP contribution in [-0.2, 0) is 10.1 Å². The van der Waals surface area contributed by atoms with Gasteiger partial charge in [0.1, 0.15) is 0 Å². The van der Waals surface area contributed by atoms with Gasteiger partial charge in [0.05, 0.1) is 5.75 Å². The molecule has 0 aliphatic heterocycles. The van der Waals surface area contributed by atoms with Crippen molar-refractivity contribution in [3.05, 3.63) is 11.6 Å². The SMILES string of the molecule is C/C=C(\C)CS(=O)(=O)O. The lowest BCUT2D eigenvalue weighted by Gasteiger charge is -1.93. The second-order valence-corrected chi connectivity index (χ2v) is 3.31. The van der Waals surface area contributed by atoms with E-state index < -0.39 is 10.1 Å². The van der Waals surface area contributed by atoms with E-state index in [4.69, 9.17) is 4.55 Å². The van der Waals surface area contributed by atoms with Gasteiger partial charge in [0.25, 0.3) is 10.1 Å². The summed E-state index contributed by atoms with van der Waals surface area (Å²) in [7, 11) is -3.80. The summed E-state index contributed by atoms with van der Waals surface area (Å²) in [6.45, 7) is 3.37. The van der Waals surface area contributed by atoms with Gasteiger partial charge < -0.3 is 0 Å². The zero-order valence-electron chi connectivity index (χ0n) is 5.46. The van der Waals surface area contributed by atoms with E-state index in [9.17, 15) is 8.42 Å². The first-order chi connectivity index (χ1) is 3.95. The monoisotopic (exact) mass is 150 g/mol. The molecule has 0 atom stereocenters. The molecule has 0 fully saturated rings. The summed E-state index contributed by atoms with van der Waals surface area (Å²) < 4.78 is 28.5. The van der Waals surface area contributed by atoms with Crippen LogP contribution in [0.3, 0.4) is 0 Å². The Morgan fingerprint density at radius 1 is 1.67 bits per heavy atom. The zero-order chi connectivity index (χ0) is 7.49. The van der Waals surface area contributed by atoms with Crippen LogP contribution in [0.5, 0.6) is 0 Å². The smallest absolute Gasteiger partial charge is 0.268 e. The van der Waals surface area contributed by atoms with Crippen molar-refractivity contribution >= 4 is 10.1 Å². The molecule has 0 spiro atoms. The first kappa shape index (κ1) is 8.65. The Bertz CT molecular complexity index is 200. The molecule has 0 aliphatic carbocycles. The van der Waals surface area contributed by atoms with E-state index in [1.807, 2.05) is 0 Å². The van der Waals surface area contributed by atoms with Crippen molar-refractivity contribution in [3.63, 3.8) is 0 Å². The molecule has 0 bridgehead atoms. The van der Waals surface area contributed by atoms with Gasteiger partial charge in [0.15, 0.2) is 0 Å². The molecule has 0 aromatic rings. The molecule has 4 heteroatoms. The van der Waals surface area contributed by atoms with Crippen molar-refractivity contribution in [2.75, 3.05) is 5.75 Å². The number of hydrogen-bond donors (Lipinski definition) is 1. The van der Waals surface area contributed by atoms with Crippen LogP contribution in [-0.4, -0.2) is 18.7 Å². The predicted octanol–water partition coefficient (Wildman–Crippen LogP) is 0.840. The van der Waals surface area contributed by atoms with Crippen LogP contribution in [0.4, 0.5) is 0 Å². The highest BCUT2D eigenvalue weighted by molar-refractivity contribution is 7.85. The van der Waals surface area contributed by atoms with Crippen molar-refractivity contribution in [1.82, 2.24) is 0 Å². The average molecular weight is 150 g/mol. The highest BCUT2D eigenvalue weighted by Crippen LogP contribution is 1.95. The topological polar surface area (TPSA) is 54.4 Å². The highest BCUT2D eigenvalue weighted by Gasteiger charge is 2.03. The lowest BCUT2D eigenvalue weighted by atomic mass is 10.3. The standard InChI is InChI=1S/C5H10O3S/c1-3-5(2)4-9(6,7)8/h3H,4H2,1-2H3,(H,6,7,8)/b5-3+. The third kappa shape index (κ3) is 5.52. The van der Waals surface area contributed by atoms with E-state index in [-0.39, 0.29) is 5.75 Å². The molecule has 0 amide bonds. The minimum Gasteiger partial charge on any atom is -0.285 e. The second-order valence-electron chi connectivity index (χ2n) is 1.86. The van der Waals surface area contributed by atoms with Gasteiger partial charge in [-0.15, -0.1) is 0 Å². The van der Waals surface area contributed by atoms with Crippen LogP contribution in [0.15, 0.2) is 11.6 Å². The fraction of sp³-hybridized carbons (Fsp3) is 0.600. The van der Waals surface area contributed by atoms with Crippen molar-refractivity contribution in [3.8, 4) is 0 Å². The van der Waals surface area contributed by atoms with Crippen LogP contribution < -0.4 is 0 Å². The van der Waals surface area contributed by atoms with Gasteiger partial charge in [0, 0.05) is 0 Å². The van der Waals surface area contributed by atoms with Crippen molar-refractivity contribution in [2.24, 2.45) is 0 Å². The molecule has 0 saturated heterocycles. The third-order valence-corrected chi connectivity index (χ3v) is 1.72. The molecule has 1 N–H and O–H groups in total. The molecule has 0 unspecified atom stereocenters. The van der Waals surface area contributed by atoms with Gasteiger partial charge in [-0.1, -0.05) is 11.6 Å². The van der Waals surface area contributed by atoms with Gasteiger partial charge in [-0.3, -0.25) is 4.55 Å². The minimum absolute atomic E-state index is 0.260. The fourth-order valence-electron chi connectivity index (χ4n) is 0.371. The molecule has 0 heterocycles. The van der Waals surface area contributed by atoms with Crippen LogP contribution in [0.25, 0.3) is 0 Å². The summed E-state index contributed by atoms with van der Waals surface area (Å²) >= 11 is 0. The van der Waals surface area contributed by atoms with Gasteiger partial charge in [-0.05, 0) is 13.8 Å². The van der Waals surface area contributed by atoms with Crippen molar-refractivity contribution in [2.45, 2.75) is 13.8 Å². The van der Waals surface area contributed by atoms with Crippen LogP contribution >= 0.6 is 0 Å². The lowest BCUT2D eigenvalue weighted by molar-refractivity contribution is 0.486. The number of rotatable bonds is 2. The first-order valence-corrected chi connectivity index (χ1v) is 4.13. The Hall–Kier alpha value is -0.350. The van der Waals surface area contributed by atoms with Crippen LogP contribution in [0.1, 0.15) is 13.8 Å². The molecule has 0 aromatic heterocycles. The lowest BCUT2D eigenvalue weighted by Crippen LogP contribution is -2.04.